The molecule has 0 spiro atoms. The van der Waals surface area contributed by atoms with Crippen molar-refractivity contribution in [3.8, 4) is 0 Å². The molecule has 72 valence electrons. The first kappa shape index (κ1) is 10.3. The molecule has 1 rings (SSSR count). The highest BCUT2D eigenvalue weighted by Gasteiger charge is 2.12. The third-order valence-corrected chi connectivity index (χ3v) is 3.06. The molecule has 1 aromatic rings. The largest absolute Gasteiger partial charge is 0.317 e. The van der Waals surface area contributed by atoms with E-state index in [0.29, 0.717) is 0 Å². The number of benzene rings is 1. The highest BCUT2D eigenvalue weighted by atomic mass is 31.2. The van der Waals surface area contributed by atoms with Gasteiger partial charge in [-0.05, 0) is 24.6 Å². The molecule has 0 amide bonds. The van der Waals surface area contributed by atoms with E-state index in [1.54, 1.807) is 6.66 Å². The maximum absolute atomic E-state index is 11.5. The normalized spacial score (nSPS) is 15.0. The maximum atomic E-state index is 11.5. The Morgan fingerprint density at radius 2 is 2.15 bits per heavy atom. The van der Waals surface area contributed by atoms with Gasteiger partial charge in [0.2, 0.25) is 0 Å². The molecule has 0 aliphatic rings. The Hall–Kier alpha value is -0.790. The van der Waals surface area contributed by atoms with Gasteiger partial charge in [0, 0.05) is 19.5 Å². The number of anilines is 1. The highest BCUT2D eigenvalue weighted by molar-refractivity contribution is 7.59. The van der Waals surface area contributed by atoms with Crippen LogP contribution in [0.25, 0.3) is 0 Å². The summed E-state index contributed by atoms with van der Waals surface area (Å²) >= 11 is 0. The average molecular weight is 199 g/mol. The lowest BCUT2D eigenvalue weighted by molar-refractivity contribution is 0.403. The minimum absolute atomic E-state index is 0.827. The zero-order chi connectivity index (χ0) is 9.90. The Bertz CT molecular complexity index is 338. The van der Waals surface area contributed by atoms with Crippen molar-refractivity contribution in [1.82, 2.24) is 0 Å². The molecule has 1 aromatic carbocycles. The fourth-order valence-corrected chi connectivity index (χ4v) is 1.69. The summed E-state index contributed by atoms with van der Waals surface area (Å²) in [6.07, 6.45) is 0. The number of rotatable bonds is 3. The summed E-state index contributed by atoms with van der Waals surface area (Å²) in [6, 6.07) is 7.68. The van der Waals surface area contributed by atoms with Gasteiger partial charge >= 0.3 is 0 Å². The Labute approximate surface area is 78.6 Å². The lowest BCUT2D eigenvalue weighted by atomic mass is 10.2. The van der Waals surface area contributed by atoms with Gasteiger partial charge in [0.25, 0.3) is 7.52 Å². The van der Waals surface area contributed by atoms with Crippen molar-refractivity contribution in [2.24, 2.45) is 0 Å². The first-order valence-electron chi connectivity index (χ1n) is 4.02. The zero-order valence-corrected chi connectivity index (χ0v) is 8.97. The summed E-state index contributed by atoms with van der Waals surface area (Å²) in [5, 5.41) is 2.84. The molecule has 0 fully saturated rings. The summed E-state index contributed by atoms with van der Waals surface area (Å²) in [5.74, 6) is 0. The fraction of sp³-hybridized carbons (Fsp3) is 0.333. The van der Waals surface area contributed by atoms with Crippen molar-refractivity contribution in [2.45, 2.75) is 6.92 Å². The molecule has 0 heterocycles. The maximum Gasteiger partial charge on any atom is 0.290 e. The molecular weight excluding hydrogens is 185 g/mol. The fourth-order valence-electron chi connectivity index (χ4n) is 0.995. The Balaban J connectivity index is 2.81. The minimum atomic E-state index is -2.67. The van der Waals surface area contributed by atoms with Crippen LogP contribution in [-0.4, -0.2) is 13.8 Å². The molecule has 0 saturated carbocycles. The second kappa shape index (κ2) is 3.95. The molecule has 1 atom stereocenters. The van der Waals surface area contributed by atoms with Gasteiger partial charge in [-0.1, -0.05) is 12.1 Å². The zero-order valence-electron chi connectivity index (χ0n) is 8.07. The highest BCUT2D eigenvalue weighted by Crippen LogP contribution is 2.41. The van der Waals surface area contributed by atoms with Gasteiger partial charge in [0.05, 0.1) is 0 Å². The Morgan fingerprint density at radius 1 is 1.46 bits per heavy atom. The van der Waals surface area contributed by atoms with Crippen molar-refractivity contribution < 1.29 is 9.09 Å². The van der Waals surface area contributed by atoms with Crippen LogP contribution in [0.1, 0.15) is 5.56 Å². The Kier molecular flexibility index (Phi) is 3.12. The van der Waals surface area contributed by atoms with E-state index in [9.17, 15) is 4.57 Å². The van der Waals surface area contributed by atoms with Crippen molar-refractivity contribution >= 4 is 13.2 Å². The van der Waals surface area contributed by atoms with E-state index < -0.39 is 7.52 Å². The molecule has 13 heavy (non-hydrogen) atoms. The van der Waals surface area contributed by atoms with E-state index in [0.717, 1.165) is 11.3 Å². The lowest BCUT2D eigenvalue weighted by Crippen LogP contribution is -1.96. The van der Waals surface area contributed by atoms with Gasteiger partial charge in [-0.15, -0.1) is 0 Å². The minimum Gasteiger partial charge on any atom is -0.317 e. The molecule has 1 N–H and O–H groups in total. The van der Waals surface area contributed by atoms with Gasteiger partial charge in [0.15, 0.2) is 0 Å². The molecule has 0 saturated heterocycles. The topological polar surface area (TPSA) is 38.3 Å². The molecule has 0 bridgehead atoms. The van der Waals surface area contributed by atoms with Crippen molar-refractivity contribution in [1.29, 1.82) is 0 Å². The predicted molar refractivity (Wildman–Crippen MR) is 55.3 cm³/mol. The molecule has 4 heteroatoms. The molecule has 0 aliphatic heterocycles. The third-order valence-electron chi connectivity index (χ3n) is 1.70. The predicted octanol–water partition coefficient (Wildman–Crippen LogP) is 2.88. The van der Waals surface area contributed by atoms with E-state index >= 15 is 0 Å². The van der Waals surface area contributed by atoms with Crippen LogP contribution >= 0.6 is 7.52 Å². The summed E-state index contributed by atoms with van der Waals surface area (Å²) in [6.45, 7) is 3.54. The van der Waals surface area contributed by atoms with Crippen LogP contribution in [0, 0.1) is 6.92 Å². The average Bonchev–Trinajstić information content (AvgIpc) is 2.03. The van der Waals surface area contributed by atoms with Crippen LogP contribution in [-0.2, 0) is 9.09 Å². The smallest absolute Gasteiger partial charge is 0.290 e. The van der Waals surface area contributed by atoms with Crippen molar-refractivity contribution in [2.75, 3.05) is 18.9 Å². The van der Waals surface area contributed by atoms with E-state index in [1.165, 1.54) is 7.11 Å². The van der Waals surface area contributed by atoms with E-state index in [2.05, 4.69) is 5.09 Å². The SMILES string of the molecule is COP(C)(=O)Nc1cccc(C)c1. The van der Waals surface area contributed by atoms with Crippen molar-refractivity contribution in [3.05, 3.63) is 29.8 Å². The summed E-state index contributed by atoms with van der Waals surface area (Å²) in [4.78, 5) is 0. The van der Waals surface area contributed by atoms with Crippen molar-refractivity contribution in [3.63, 3.8) is 0 Å². The standard InChI is InChI=1S/C9H14NO2P/c1-8-5-4-6-9(7-8)10-13(3,11)12-2/h4-7H,1-3H3,(H,10,11). The van der Waals surface area contributed by atoms with Crippen LogP contribution < -0.4 is 5.09 Å². The number of hydrogen-bond donors (Lipinski definition) is 1. The molecule has 1 unspecified atom stereocenters. The second-order valence-corrected chi connectivity index (χ2v) is 5.29. The summed E-state index contributed by atoms with van der Waals surface area (Å²) in [7, 11) is -1.23. The quantitative estimate of drug-likeness (QED) is 0.760. The molecule has 0 aromatic heterocycles. The van der Waals surface area contributed by atoms with E-state index in [1.807, 2.05) is 31.2 Å². The van der Waals surface area contributed by atoms with Gasteiger partial charge in [-0.2, -0.15) is 0 Å². The lowest BCUT2D eigenvalue weighted by Gasteiger charge is -2.13. The van der Waals surface area contributed by atoms with Gasteiger partial charge in [0.1, 0.15) is 0 Å². The first-order valence-corrected chi connectivity index (χ1v) is 6.09. The van der Waals surface area contributed by atoms with Crippen LogP contribution in [0.4, 0.5) is 5.69 Å². The summed E-state index contributed by atoms with van der Waals surface area (Å²) in [5.41, 5.74) is 1.95. The van der Waals surface area contributed by atoms with Gasteiger partial charge in [-0.25, -0.2) is 0 Å². The third kappa shape index (κ3) is 3.21. The monoisotopic (exact) mass is 199 g/mol. The van der Waals surface area contributed by atoms with E-state index in [4.69, 9.17) is 4.52 Å². The Morgan fingerprint density at radius 3 is 2.69 bits per heavy atom. The van der Waals surface area contributed by atoms with Gasteiger partial charge in [-0.3, -0.25) is 4.57 Å². The van der Waals surface area contributed by atoms with Crippen LogP contribution in [0.5, 0.6) is 0 Å². The van der Waals surface area contributed by atoms with E-state index in [-0.39, 0.29) is 0 Å². The van der Waals surface area contributed by atoms with Gasteiger partial charge < -0.3 is 9.61 Å². The first-order chi connectivity index (χ1) is 6.03. The molecular formula is C9H14NO2P. The van der Waals surface area contributed by atoms with Crippen LogP contribution in [0.15, 0.2) is 24.3 Å². The number of nitrogens with one attached hydrogen (secondary N) is 1. The summed E-state index contributed by atoms with van der Waals surface area (Å²) < 4.78 is 16.4. The second-order valence-electron chi connectivity index (χ2n) is 3.01. The number of aryl methyl sites for hydroxylation is 1. The molecule has 0 aliphatic carbocycles. The number of hydrogen-bond acceptors (Lipinski definition) is 2. The molecule has 3 nitrogen and oxygen atoms in total. The van der Waals surface area contributed by atoms with Crippen LogP contribution in [0.2, 0.25) is 0 Å². The van der Waals surface area contributed by atoms with Crippen LogP contribution in [0.3, 0.4) is 0 Å². The molecule has 0 radical (unpaired) electrons.